The van der Waals surface area contributed by atoms with Crippen molar-refractivity contribution < 1.29 is 28.5 Å². The topological polar surface area (TPSA) is 83.1 Å². The minimum atomic E-state index is -0.612. The van der Waals surface area contributed by atoms with Gasteiger partial charge in [-0.05, 0) is 48.4 Å². The van der Waals surface area contributed by atoms with E-state index in [0.717, 1.165) is 15.8 Å². The SMILES string of the molecule is COc1ccc(Br)cc1/C=C/C(=O)OCC(=O)NCCc1ccc2c(c1)OCCO2. The average Bonchev–Trinajstić information content (AvgIpc) is 2.76. The van der Waals surface area contributed by atoms with Gasteiger partial charge in [-0.3, -0.25) is 4.79 Å². The van der Waals surface area contributed by atoms with Gasteiger partial charge >= 0.3 is 5.97 Å². The predicted octanol–water partition coefficient (Wildman–Crippen LogP) is 3.14. The number of benzene rings is 2. The highest BCUT2D eigenvalue weighted by Crippen LogP contribution is 2.30. The average molecular weight is 476 g/mol. The summed E-state index contributed by atoms with van der Waals surface area (Å²) >= 11 is 3.37. The number of hydrogen-bond acceptors (Lipinski definition) is 6. The van der Waals surface area contributed by atoms with Crippen molar-refractivity contribution >= 4 is 33.9 Å². The van der Waals surface area contributed by atoms with E-state index in [-0.39, 0.29) is 12.5 Å². The second-order valence-electron chi connectivity index (χ2n) is 6.41. The summed E-state index contributed by atoms with van der Waals surface area (Å²) in [5, 5.41) is 2.73. The number of methoxy groups -OCH3 is 1. The number of nitrogens with one attached hydrogen (secondary N) is 1. The van der Waals surface area contributed by atoms with Crippen LogP contribution in [0, 0.1) is 0 Å². The first-order valence-electron chi connectivity index (χ1n) is 9.39. The molecule has 3 rings (SSSR count). The van der Waals surface area contributed by atoms with Crippen molar-refractivity contribution in [1.82, 2.24) is 5.32 Å². The molecule has 0 saturated heterocycles. The van der Waals surface area contributed by atoms with Crippen molar-refractivity contribution in [2.45, 2.75) is 6.42 Å². The number of carbonyl (C=O) groups is 2. The van der Waals surface area contributed by atoms with Gasteiger partial charge in [0.25, 0.3) is 5.91 Å². The highest BCUT2D eigenvalue weighted by atomic mass is 79.9. The molecule has 8 heteroatoms. The van der Waals surface area contributed by atoms with E-state index in [1.165, 1.54) is 6.08 Å². The van der Waals surface area contributed by atoms with E-state index in [2.05, 4.69) is 21.2 Å². The molecule has 7 nitrogen and oxygen atoms in total. The fraction of sp³-hybridized carbons (Fsp3) is 0.273. The molecule has 0 saturated carbocycles. The van der Waals surface area contributed by atoms with Crippen LogP contribution < -0.4 is 19.5 Å². The molecule has 158 valence electrons. The minimum absolute atomic E-state index is 0.347. The van der Waals surface area contributed by atoms with Gasteiger partial charge < -0.3 is 24.3 Å². The quantitative estimate of drug-likeness (QED) is 0.466. The first kappa shape index (κ1) is 21.7. The predicted molar refractivity (Wildman–Crippen MR) is 115 cm³/mol. The Balaban J connectivity index is 1.40. The molecule has 1 amide bonds. The molecule has 0 bridgehead atoms. The zero-order valence-electron chi connectivity index (χ0n) is 16.5. The summed E-state index contributed by atoms with van der Waals surface area (Å²) in [4.78, 5) is 23.8. The van der Waals surface area contributed by atoms with E-state index >= 15 is 0 Å². The number of rotatable bonds is 8. The lowest BCUT2D eigenvalue weighted by atomic mass is 10.1. The maximum atomic E-state index is 11.9. The highest BCUT2D eigenvalue weighted by Gasteiger charge is 2.12. The van der Waals surface area contributed by atoms with Gasteiger partial charge in [0.1, 0.15) is 19.0 Å². The van der Waals surface area contributed by atoms with Crippen LogP contribution in [0.2, 0.25) is 0 Å². The lowest BCUT2D eigenvalue weighted by Crippen LogP contribution is -2.30. The Morgan fingerprint density at radius 1 is 1.13 bits per heavy atom. The molecule has 0 fully saturated rings. The van der Waals surface area contributed by atoms with Gasteiger partial charge in [-0.25, -0.2) is 4.79 Å². The fourth-order valence-corrected chi connectivity index (χ4v) is 3.20. The van der Waals surface area contributed by atoms with E-state index < -0.39 is 5.97 Å². The first-order chi connectivity index (χ1) is 14.5. The molecule has 0 atom stereocenters. The van der Waals surface area contributed by atoms with Crippen LogP contribution in [0.3, 0.4) is 0 Å². The first-order valence-corrected chi connectivity index (χ1v) is 10.2. The molecule has 0 aromatic heterocycles. The molecule has 1 N–H and O–H groups in total. The van der Waals surface area contributed by atoms with Gasteiger partial charge in [0.15, 0.2) is 18.1 Å². The number of hydrogen-bond donors (Lipinski definition) is 1. The van der Waals surface area contributed by atoms with E-state index in [1.807, 2.05) is 30.3 Å². The molecule has 1 heterocycles. The van der Waals surface area contributed by atoms with Crippen LogP contribution in [-0.2, 0) is 20.7 Å². The third kappa shape index (κ3) is 6.25. The maximum Gasteiger partial charge on any atom is 0.331 e. The molecular formula is C22H22BrNO6. The van der Waals surface area contributed by atoms with Gasteiger partial charge in [-0.2, -0.15) is 0 Å². The zero-order valence-corrected chi connectivity index (χ0v) is 18.1. The van der Waals surface area contributed by atoms with Gasteiger partial charge in [0.2, 0.25) is 0 Å². The van der Waals surface area contributed by atoms with Crippen molar-refractivity contribution in [2.24, 2.45) is 0 Å². The van der Waals surface area contributed by atoms with Crippen LogP contribution in [-0.4, -0.2) is 45.4 Å². The Bertz CT molecular complexity index is 943. The van der Waals surface area contributed by atoms with Crippen molar-refractivity contribution in [3.05, 3.63) is 58.1 Å². The molecule has 0 radical (unpaired) electrons. The summed E-state index contributed by atoms with van der Waals surface area (Å²) in [6.45, 7) is 1.15. The third-order valence-corrected chi connectivity index (χ3v) is 4.77. The molecule has 0 aliphatic carbocycles. The van der Waals surface area contributed by atoms with Crippen LogP contribution in [0.5, 0.6) is 17.2 Å². The number of fused-ring (bicyclic) bond motifs is 1. The van der Waals surface area contributed by atoms with Crippen molar-refractivity contribution in [1.29, 1.82) is 0 Å². The Kier molecular flexibility index (Phi) is 7.73. The van der Waals surface area contributed by atoms with Crippen molar-refractivity contribution in [3.8, 4) is 17.2 Å². The second-order valence-corrected chi connectivity index (χ2v) is 7.32. The Morgan fingerprint density at radius 3 is 2.73 bits per heavy atom. The Labute approximate surface area is 183 Å². The number of esters is 1. The van der Waals surface area contributed by atoms with E-state index in [9.17, 15) is 9.59 Å². The molecule has 1 aliphatic heterocycles. The Morgan fingerprint density at radius 2 is 1.93 bits per heavy atom. The van der Waals surface area contributed by atoms with Gasteiger partial charge in [-0.1, -0.05) is 22.0 Å². The minimum Gasteiger partial charge on any atom is -0.496 e. The molecule has 30 heavy (non-hydrogen) atoms. The summed E-state index contributed by atoms with van der Waals surface area (Å²) in [5.74, 6) is 1.09. The number of carbonyl (C=O) groups excluding carboxylic acids is 2. The summed E-state index contributed by atoms with van der Waals surface area (Å²) in [6.07, 6.45) is 3.46. The molecule has 2 aromatic rings. The molecule has 0 unspecified atom stereocenters. The molecule has 1 aliphatic rings. The van der Waals surface area contributed by atoms with E-state index in [4.69, 9.17) is 18.9 Å². The maximum absolute atomic E-state index is 11.9. The molecular weight excluding hydrogens is 454 g/mol. The molecule has 2 aromatic carbocycles. The van der Waals surface area contributed by atoms with E-state index in [0.29, 0.717) is 43.2 Å². The van der Waals surface area contributed by atoms with Crippen LogP contribution in [0.1, 0.15) is 11.1 Å². The second kappa shape index (κ2) is 10.7. The third-order valence-electron chi connectivity index (χ3n) is 4.28. The van der Waals surface area contributed by atoms with Gasteiger partial charge in [-0.15, -0.1) is 0 Å². The fourth-order valence-electron chi connectivity index (χ4n) is 2.82. The van der Waals surface area contributed by atoms with Crippen molar-refractivity contribution in [3.63, 3.8) is 0 Å². The summed E-state index contributed by atoms with van der Waals surface area (Å²) in [7, 11) is 1.55. The normalized spacial score (nSPS) is 12.5. The summed E-state index contributed by atoms with van der Waals surface area (Å²) in [6, 6.07) is 11.1. The lowest BCUT2D eigenvalue weighted by Gasteiger charge is -2.18. The van der Waals surface area contributed by atoms with Crippen molar-refractivity contribution in [2.75, 3.05) is 33.5 Å². The largest absolute Gasteiger partial charge is 0.496 e. The lowest BCUT2D eigenvalue weighted by molar-refractivity contribution is -0.143. The van der Waals surface area contributed by atoms with Gasteiger partial charge in [0, 0.05) is 22.7 Å². The van der Waals surface area contributed by atoms with Gasteiger partial charge in [0.05, 0.1) is 7.11 Å². The highest BCUT2D eigenvalue weighted by molar-refractivity contribution is 9.10. The van der Waals surface area contributed by atoms with E-state index in [1.54, 1.807) is 19.3 Å². The number of ether oxygens (including phenoxy) is 4. The number of amides is 1. The zero-order chi connectivity index (χ0) is 21.3. The standard InChI is InChI=1S/C22H22BrNO6/c1-27-18-6-4-17(23)13-16(18)3-7-22(26)30-14-21(25)24-9-8-15-2-5-19-20(12-15)29-11-10-28-19/h2-7,12-13H,8-11,14H2,1H3,(H,24,25)/b7-3+. The Hall–Kier alpha value is -3.00. The monoisotopic (exact) mass is 475 g/mol. The molecule has 0 spiro atoms. The smallest absolute Gasteiger partial charge is 0.331 e. The summed E-state index contributed by atoms with van der Waals surface area (Å²) < 4.78 is 22.1. The van der Waals surface area contributed by atoms with Crippen LogP contribution in [0.4, 0.5) is 0 Å². The summed E-state index contributed by atoms with van der Waals surface area (Å²) in [5.41, 5.74) is 1.73. The number of halogens is 1. The van der Waals surface area contributed by atoms with Crippen LogP contribution in [0.25, 0.3) is 6.08 Å². The van der Waals surface area contributed by atoms with Crippen LogP contribution >= 0.6 is 15.9 Å². The van der Waals surface area contributed by atoms with Crippen LogP contribution in [0.15, 0.2) is 46.9 Å².